The third-order valence-electron chi connectivity index (χ3n) is 16.6. The number of cyclic esters (lactones) is 1. The summed E-state index contributed by atoms with van der Waals surface area (Å²) < 4.78 is 60.9. The molecule has 1 aromatic carbocycles. The molecule has 20 nitrogen and oxygen atoms in total. The molecule has 2 aromatic rings. The number of hydrogen-bond donors (Lipinski definition) is 7. The number of aliphatic hydroxyl groups is 5. The summed E-state index contributed by atoms with van der Waals surface area (Å²) in [6.45, 7) is 17.7. The third-order valence-corrected chi connectivity index (χ3v) is 16.6. The number of aromatic nitrogens is 2. The third kappa shape index (κ3) is 13.9. The van der Waals surface area contributed by atoms with Gasteiger partial charge in [-0.25, -0.2) is 9.07 Å². The summed E-state index contributed by atoms with van der Waals surface area (Å²) in [6.07, 6.45) is -4.09. The molecule has 0 amide bonds. The molecule has 3 saturated heterocycles. The second kappa shape index (κ2) is 25.6. The Hall–Kier alpha value is -3.39. The molecule has 4 aliphatic rings. The van der Waals surface area contributed by atoms with Gasteiger partial charge in [0.1, 0.15) is 48.8 Å². The maximum absolute atomic E-state index is 14.9. The van der Waals surface area contributed by atoms with Crippen molar-refractivity contribution in [1.82, 2.24) is 35.5 Å². The topological polar surface area (TPSA) is 234 Å². The van der Waals surface area contributed by atoms with Gasteiger partial charge in [0.25, 0.3) is 0 Å². The zero-order chi connectivity index (χ0) is 55.3. The first-order chi connectivity index (χ1) is 35.3. The van der Waals surface area contributed by atoms with Gasteiger partial charge in [0.05, 0.1) is 47.2 Å². The number of rotatable bonds is 16. The average molecular weight is 1060 g/mol. The van der Waals surface area contributed by atoms with Crippen LogP contribution in [0.15, 0.2) is 54.6 Å². The Kier molecular flexibility index (Phi) is 20.8. The Morgan fingerprint density at radius 2 is 1.68 bits per heavy atom. The zero-order valence-corrected chi connectivity index (χ0v) is 46.7. The first kappa shape index (κ1) is 60.8. The van der Waals surface area contributed by atoms with Crippen LogP contribution in [0.3, 0.4) is 0 Å². The van der Waals surface area contributed by atoms with Gasteiger partial charge >= 0.3 is 5.97 Å². The smallest absolute Gasteiger partial charge is 0.311 e. The molecule has 3 fully saturated rings. The van der Waals surface area contributed by atoms with E-state index in [1.807, 2.05) is 80.5 Å². The Morgan fingerprint density at radius 1 is 0.987 bits per heavy atom. The maximum atomic E-state index is 14.9. The molecular formula is C54H90FN7O13. The second-order valence-electron chi connectivity index (χ2n) is 22.7. The van der Waals surface area contributed by atoms with Crippen molar-refractivity contribution >= 4 is 5.97 Å². The molecule has 0 unspecified atom stereocenters. The number of hydrogen-bond acceptors (Lipinski definition) is 19. The summed E-state index contributed by atoms with van der Waals surface area (Å²) in [6, 6.07) is 7.71. The van der Waals surface area contributed by atoms with Crippen LogP contribution in [-0.4, -0.2) is 201 Å². The van der Waals surface area contributed by atoms with Gasteiger partial charge in [-0.05, 0) is 112 Å². The molecule has 0 aliphatic carbocycles. The molecule has 0 bridgehead atoms. The molecule has 6 rings (SSSR count). The molecule has 20 atom stereocenters. The lowest BCUT2D eigenvalue weighted by Crippen LogP contribution is -2.61. The highest BCUT2D eigenvalue weighted by Crippen LogP contribution is 2.41. The van der Waals surface area contributed by atoms with E-state index in [2.05, 4.69) is 16.1 Å². The van der Waals surface area contributed by atoms with Crippen LogP contribution in [0.4, 0.5) is 4.39 Å². The van der Waals surface area contributed by atoms with E-state index >= 15 is 0 Å². The minimum absolute atomic E-state index is 0.0879. The van der Waals surface area contributed by atoms with Gasteiger partial charge in [0, 0.05) is 82.4 Å². The van der Waals surface area contributed by atoms with Crippen molar-refractivity contribution in [1.29, 1.82) is 0 Å². The Morgan fingerprint density at radius 3 is 2.29 bits per heavy atom. The molecule has 21 heteroatoms. The molecule has 1 aromatic heterocycles. The number of hydrazine groups is 2. The SMILES string of the molecule is CC[C@H]1OC(=O)[C@H](C)[C@@H](O[C@H]2C[C@@](C)(OC)[C@@H](O)[C@H](C)O2)[C@H](C)[C@@H](O[C@@H]2O[C@H](C)C[C@H](N(C)CCC3=CN([C@H](CF)[C@H](OC)c4ccc(-n5cccn5)cc4)NN3)[C@H]2O)[C@](C)(O)C[C@@H](C)CN(C)[C@H](C)[C@@H](O)[C@]1(C)O. The van der Waals surface area contributed by atoms with Crippen LogP contribution in [-0.2, 0) is 38.0 Å². The van der Waals surface area contributed by atoms with Gasteiger partial charge < -0.3 is 73.9 Å². The van der Waals surface area contributed by atoms with E-state index < -0.39 is 127 Å². The minimum atomic E-state index is -1.85. The number of carbonyl (C=O) groups excluding carboxylic acids is 1. The van der Waals surface area contributed by atoms with Gasteiger partial charge in [0.2, 0.25) is 0 Å². The number of likely N-dealkylation sites (N-methyl/N-ethyl adjacent to an activating group) is 2. The fourth-order valence-corrected chi connectivity index (χ4v) is 11.9. The summed E-state index contributed by atoms with van der Waals surface area (Å²) in [4.78, 5) is 18.5. The first-order valence-corrected chi connectivity index (χ1v) is 26.8. The number of halogens is 1. The van der Waals surface area contributed by atoms with Gasteiger partial charge in [-0.15, -0.1) is 5.53 Å². The summed E-state index contributed by atoms with van der Waals surface area (Å²) in [7, 11) is 6.80. The molecule has 0 saturated carbocycles. The van der Waals surface area contributed by atoms with Crippen LogP contribution < -0.4 is 11.0 Å². The van der Waals surface area contributed by atoms with Crippen LogP contribution in [0.25, 0.3) is 5.69 Å². The van der Waals surface area contributed by atoms with E-state index in [0.717, 1.165) is 16.9 Å². The lowest BCUT2D eigenvalue weighted by Gasteiger charge is -2.49. The lowest BCUT2D eigenvalue weighted by molar-refractivity contribution is -0.318. The Balaban J connectivity index is 1.25. The first-order valence-electron chi connectivity index (χ1n) is 26.8. The second-order valence-corrected chi connectivity index (χ2v) is 22.7. The van der Waals surface area contributed by atoms with E-state index in [1.54, 1.807) is 71.5 Å². The largest absolute Gasteiger partial charge is 0.459 e. The highest BCUT2D eigenvalue weighted by molar-refractivity contribution is 5.73. The van der Waals surface area contributed by atoms with Crippen molar-refractivity contribution in [3.05, 3.63) is 60.2 Å². The van der Waals surface area contributed by atoms with E-state index in [-0.39, 0.29) is 25.2 Å². The van der Waals surface area contributed by atoms with Gasteiger partial charge in [0.15, 0.2) is 12.6 Å². The summed E-state index contributed by atoms with van der Waals surface area (Å²) in [5, 5.41) is 65.9. The molecule has 0 radical (unpaired) electrons. The van der Waals surface area contributed by atoms with Crippen molar-refractivity contribution in [2.75, 3.05) is 48.1 Å². The van der Waals surface area contributed by atoms with Crippen LogP contribution in [0.5, 0.6) is 0 Å². The number of nitrogens with one attached hydrogen (secondary N) is 2. The standard InChI is InChI=1S/C54H90FN7O13/c1-15-42-54(10,68)47(64)35(6)60(12)29-31(2)26-52(8,67)49(33(4)45(34(5)50(66)73-42)74-43-27-53(9,70-14)48(65)36(7)72-43)75-51-44(63)40(25-32(3)71-51)59(11)24-21-38-30-62(58-57-38)41(28-55)46(69-13)37-17-19-39(20-18-37)61-23-16-22-56-61/h16-20,22-23,30-36,40-49,51,57-58,63-65,67-68H,15,21,24-29H2,1-14H3/t31-,32-,33+,34-,35-,36+,40+,41-,42-,43+,44-,45+,46-,47-,48+,49-,51+,52-,53-,54-/m1/s1. The lowest BCUT2D eigenvalue weighted by atomic mass is 9.77. The van der Waals surface area contributed by atoms with E-state index in [1.165, 1.54) is 14.0 Å². The molecule has 75 heavy (non-hydrogen) atoms. The fraction of sp³-hybridized carbons (Fsp3) is 0.778. The van der Waals surface area contributed by atoms with E-state index in [9.17, 15) is 34.7 Å². The highest BCUT2D eigenvalue weighted by Gasteiger charge is 2.53. The average Bonchev–Trinajstić information content (AvgIpc) is 4.09. The molecule has 4 aliphatic heterocycles. The Labute approximate surface area is 443 Å². The quantitative estimate of drug-likeness (QED) is 0.119. The normalized spacial score (nSPS) is 39.8. The van der Waals surface area contributed by atoms with E-state index in [0.29, 0.717) is 25.9 Å². The number of ether oxygens (including phenoxy) is 7. The summed E-state index contributed by atoms with van der Waals surface area (Å²) in [5.74, 6) is -2.85. The molecule has 5 heterocycles. The van der Waals surface area contributed by atoms with Crippen LogP contribution >= 0.6 is 0 Å². The fourth-order valence-electron chi connectivity index (χ4n) is 11.9. The number of alkyl halides is 1. The van der Waals surface area contributed by atoms with Gasteiger partial charge in [-0.1, -0.05) is 32.9 Å². The predicted octanol–water partition coefficient (Wildman–Crippen LogP) is 3.74. The van der Waals surface area contributed by atoms with Crippen LogP contribution in [0, 0.1) is 17.8 Å². The Bertz CT molecular complexity index is 2130. The van der Waals surface area contributed by atoms with Crippen molar-refractivity contribution in [2.45, 2.75) is 204 Å². The molecule has 0 spiro atoms. The van der Waals surface area contributed by atoms with Gasteiger partial charge in [-0.2, -0.15) is 5.10 Å². The van der Waals surface area contributed by atoms with Crippen molar-refractivity contribution in [2.24, 2.45) is 17.8 Å². The number of nitrogens with zero attached hydrogens (tertiary/aromatic N) is 5. The molecule has 7 N–H and O–H groups in total. The number of carbonyl (C=O) groups is 1. The molecular weight excluding hydrogens is 974 g/mol. The number of aliphatic hydroxyl groups excluding tert-OH is 3. The van der Waals surface area contributed by atoms with Crippen LogP contribution in [0.1, 0.15) is 113 Å². The van der Waals surface area contributed by atoms with Crippen molar-refractivity contribution in [3.8, 4) is 5.69 Å². The highest BCUT2D eigenvalue weighted by atomic mass is 19.1. The van der Waals surface area contributed by atoms with Gasteiger partial charge in [-0.3, -0.25) is 9.80 Å². The monoisotopic (exact) mass is 1060 g/mol. The van der Waals surface area contributed by atoms with Crippen LogP contribution in [0.2, 0.25) is 0 Å². The minimum Gasteiger partial charge on any atom is -0.459 e. The predicted molar refractivity (Wildman–Crippen MR) is 277 cm³/mol. The number of esters is 1. The molecule has 426 valence electrons. The van der Waals surface area contributed by atoms with Crippen molar-refractivity contribution < 1.29 is 67.9 Å². The zero-order valence-electron chi connectivity index (χ0n) is 46.7. The van der Waals surface area contributed by atoms with E-state index in [4.69, 9.17) is 33.2 Å². The summed E-state index contributed by atoms with van der Waals surface area (Å²) in [5.41, 5.74) is 4.15. The maximum Gasteiger partial charge on any atom is 0.311 e. The number of methoxy groups -OCH3 is 2. The van der Waals surface area contributed by atoms with Crippen molar-refractivity contribution in [3.63, 3.8) is 0 Å². The summed E-state index contributed by atoms with van der Waals surface area (Å²) >= 11 is 0. The number of benzene rings is 1.